The predicted molar refractivity (Wildman–Crippen MR) is 80.0 cm³/mol. The molecule has 19 heavy (non-hydrogen) atoms. The van der Waals surface area contributed by atoms with E-state index in [0.29, 0.717) is 6.04 Å². The zero-order chi connectivity index (χ0) is 14.0. The van der Waals surface area contributed by atoms with E-state index in [1.54, 1.807) is 0 Å². The predicted octanol–water partition coefficient (Wildman–Crippen LogP) is 3.64. The molecule has 1 aromatic carbocycles. The summed E-state index contributed by atoms with van der Waals surface area (Å²) in [6.45, 7) is 9.15. The molecule has 0 atom stereocenters. The number of benzene rings is 1. The number of imidazole rings is 1. The maximum atomic E-state index is 6.38. The third-order valence-corrected chi connectivity index (χ3v) is 3.54. The number of nitrogens with zero attached hydrogens (tertiary/aromatic N) is 2. The molecule has 0 unspecified atom stereocenters. The van der Waals surface area contributed by atoms with E-state index in [1.165, 1.54) is 5.56 Å². The summed E-state index contributed by atoms with van der Waals surface area (Å²) < 4.78 is 2.03. The van der Waals surface area contributed by atoms with Crippen molar-refractivity contribution in [1.82, 2.24) is 14.9 Å². The number of halogens is 1. The summed E-state index contributed by atoms with van der Waals surface area (Å²) in [6.07, 6.45) is 1.82. The van der Waals surface area contributed by atoms with Crippen LogP contribution in [0.4, 0.5) is 0 Å². The molecule has 0 amide bonds. The number of hydrogen-bond donors (Lipinski definition) is 1. The quantitative estimate of drug-likeness (QED) is 0.925. The highest BCUT2D eigenvalue weighted by Crippen LogP contribution is 2.24. The Balaban J connectivity index is 2.27. The molecule has 2 rings (SSSR count). The number of nitrogens with one attached hydrogen (secondary N) is 1. The first kappa shape index (κ1) is 14.1. The van der Waals surface area contributed by atoms with Gasteiger partial charge in [0.15, 0.2) is 0 Å². The third kappa shape index (κ3) is 3.17. The molecule has 0 aliphatic rings. The van der Waals surface area contributed by atoms with Gasteiger partial charge in [-0.2, -0.15) is 0 Å². The second-order valence-corrected chi connectivity index (χ2v) is 5.51. The Hall–Kier alpha value is -1.32. The Morgan fingerprint density at radius 1 is 1.32 bits per heavy atom. The van der Waals surface area contributed by atoms with E-state index in [-0.39, 0.29) is 0 Å². The Bertz CT molecular complexity index is 573. The fourth-order valence-electron chi connectivity index (χ4n) is 1.92. The first-order chi connectivity index (χ1) is 8.99. The lowest BCUT2D eigenvalue weighted by atomic mass is 10.2. The highest BCUT2D eigenvalue weighted by atomic mass is 35.5. The van der Waals surface area contributed by atoms with Gasteiger partial charge < -0.3 is 9.88 Å². The van der Waals surface area contributed by atoms with Gasteiger partial charge in [0.25, 0.3) is 0 Å². The van der Waals surface area contributed by atoms with Crippen molar-refractivity contribution in [2.24, 2.45) is 0 Å². The summed E-state index contributed by atoms with van der Waals surface area (Å²) in [6, 6.07) is 6.64. The van der Waals surface area contributed by atoms with Gasteiger partial charge in [0.05, 0.1) is 22.7 Å². The summed E-state index contributed by atoms with van der Waals surface area (Å²) in [5.41, 5.74) is 4.32. The third-order valence-electron chi connectivity index (χ3n) is 3.24. The molecule has 1 N–H and O–H groups in total. The molecule has 0 fully saturated rings. The molecule has 0 aliphatic heterocycles. The second kappa shape index (κ2) is 5.76. The first-order valence-corrected chi connectivity index (χ1v) is 6.89. The molecule has 0 radical (unpaired) electrons. The van der Waals surface area contributed by atoms with Gasteiger partial charge in [-0.05, 0) is 31.5 Å². The van der Waals surface area contributed by atoms with E-state index in [2.05, 4.69) is 30.2 Å². The average molecular weight is 278 g/mol. The SMILES string of the molecule is Cc1ncn(-c2ccc(CNC(C)C)cc2Cl)c1C. The maximum Gasteiger partial charge on any atom is 0.0997 e. The highest BCUT2D eigenvalue weighted by Gasteiger charge is 2.08. The Morgan fingerprint density at radius 3 is 2.58 bits per heavy atom. The van der Waals surface area contributed by atoms with Crippen LogP contribution in [0.3, 0.4) is 0 Å². The molecule has 0 spiro atoms. The van der Waals surface area contributed by atoms with E-state index in [4.69, 9.17) is 11.6 Å². The molecule has 0 saturated heterocycles. The van der Waals surface area contributed by atoms with Gasteiger partial charge in [0.1, 0.15) is 0 Å². The minimum Gasteiger partial charge on any atom is -0.310 e. The van der Waals surface area contributed by atoms with Gasteiger partial charge in [0.2, 0.25) is 0 Å². The van der Waals surface area contributed by atoms with Gasteiger partial charge in [-0.25, -0.2) is 4.98 Å². The number of aryl methyl sites for hydroxylation is 1. The topological polar surface area (TPSA) is 29.9 Å². The van der Waals surface area contributed by atoms with Gasteiger partial charge in [0, 0.05) is 18.3 Å². The van der Waals surface area contributed by atoms with Crippen molar-refractivity contribution in [3.8, 4) is 5.69 Å². The van der Waals surface area contributed by atoms with Crippen molar-refractivity contribution in [3.63, 3.8) is 0 Å². The van der Waals surface area contributed by atoms with Crippen molar-refractivity contribution in [3.05, 3.63) is 46.5 Å². The van der Waals surface area contributed by atoms with Gasteiger partial charge in [-0.1, -0.05) is 31.5 Å². The zero-order valence-corrected chi connectivity index (χ0v) is 12.6. The lowest BCUT2D eigenvalue weighted by molar-refractivity contribution is 0.589. The molecule has 4 heteroatoms. The molecule has 0 aliphatic carbocycles. The van der Waals surface area contributed by atoms with Crippen LogP contribution < -0.4 is 5.32 Å². The van der Waals surface area contributed by atoms with Crippen molar-refractivity contribution in [2.75, 3.05) is 0 Å². The van der Waals surface area contributed by atoms with E-state index >= 15 is 0 Å². The summed E-state index contributed by atoms with van der Waals surface area (Å²) in [7, 11) is 0. The van der Waals surface area contributed by atoms with Gasteiger partial charge >= 0.3 is 0 Å². The Morgan fingerprint density at radius 2 is 2.05 bits per heavy atom. The molecule has 3 nitrogen and oxygen atoms in total. The second-order valence-electron chi connectivity index (χ2n) is 5.11. The van der Waals surface area contributed by atoms with Crippen LogP contribution in [-0.2, 0) is 6.54 Å². The molecule has 0 bridgehead atoms. The fraction of sp³-hybridized carbons (Fsp3) is 0.400. The lowest BCUT2D eigenvalue weighted by Gasteiger charge is -2.12. The largest absolute Gasteiger partial charge is 0.310 e. The van der Waals surface area contributed by atoms with Crippen molar-refractivity contribution in [1.29, 1.82) is 0 Å². The van der Waals surface area contributed by atoms with Crippen LogP contribution in [0.5, 0.6) is 0 Å². The average Bonchev–Trinajstić information content (AvgIpc) is 2.68. The molecule has 102 valence electrons. The molecule has 2 aromatic rings. The molecule has 1 aromatic heterocycles. The molecule has 0 saturated carbocycles. The zero-order valence-electron chi connectivity index (χ0n) is 11.9. The summed E-state index contributed by atoms with van der Waals surface area (Å²) >= 11 is 6.38. The highest BCUT2D eigenvalue weighted by molar-refractivity contribution is 6.32. The summed E-state index contributed by atoms with van der Waals surface area (Å²) in [5.74, 6) is 0. The molecular weight excluding hydrogens is 258 g/mol. The van der Waals surface area contributed by atoms with Crippen LogP contribution in [0.2, 0.25) is 5.02 Å². The maximum absolute atomic E-state index is 6.38. The molecule has 1 heterocycles. The van der Waals surface area contributed by atoms with Crippen LogP contribution in [0, 0.1) is 13.8 Å². The Labute approximate surface area is 119 Å². The van der Waals surface area contributed by atoms with Crippen molar-refractivity contribution in [2.45, 2.75) is 40.3 Å². The summed E-state index contributed by atoms with van der Waals surface area (Å²) in [5, 5.41) is 4.14. The van der Waals surface area contributed by atoms with Crippen LogP contribution >= 0.6 is 11.6 Å². The van der Waals surface area contributed by atoms with E-state index in [9.17, 15) is 0 Å². The van der Waals surface area contributed by atoms with Crippen molar-refractivity contribution < 1.29 is 0 Å². The number of aromatic nitrogens is 2. The summed E-state index contributed by atoms with van der Waals surface area (Å²) in [4.78, 5) is 4.31. The van der Waals surface area contributed by atoms with E-state index in [1.807, 2.05) is 36.9 Å². The standard InChI is InChI=1S/C15H20ClN3/c1-10(2)17-8-13-5-6-15(14(16)7-13)19-9-18-11(3)12(19)4/h5-7,9-10,17H,8H2,1-4H3. The number of hydrogen-bond acceptors (Lipinski definition) is 2. The first-order valence-electron chi connectivity index (χ1n) is 6.51. The van der Waals surface area contributed by atoms with Crippen LogP contribution in [0.25, 0.3) is 5.69 Å². The lowest BCUT2D eigenvalue weighted by Crippen LogP contribution is -2.21. The normalized spacial score (nSPS) is 11.3. The van der Waals surface area contributed by atoms with Crippen LogP contribution in [-0.4, -0.2) is 15.6 Å². The molecular formula is C15H20ClN3. The smallest absolute Gasteiger partial charge is 0.0997 e. The minimum atomic E-state index is 0.469. The van der Waals surface area contributed by atoms with E-state index in [0.717, 1.165) is 28.6 Å². The van der Waals surface area contributed by atoms with Crippen LogP contribution in [0.1, 0.15) is 30.8 Å². The van der Waals surface area contributed by atoms with Crippen LogP contribution in [0.15, 0.2) is 24.5 Å². The monoisotopic (exact) mass is 277 g/mol. The fourth-order valence-corrected chi connectivity index (χ4v) is 2.21. The Kier molecular flexibility index (Phi) is 4.27. The van der Waals surface area contributed by atoms with E-state index < -0.39 is 0 Å². The minimum absolute atomic E-state index is 0.469. The van der Waals surface area contributed by atoms with Gasteiger partial charge in [-0.15, -0.1) is 0 Å². The van der Waals surface area contributed by atoms with Gasteiger partial charge in [-0.3, -0.25) is 0 Å². The number of rotatable bonds is 4. The van der Waals surface area contributed by atoms with Crippen molar-refractivity contribution >= 4 is 11.6 Å².